The van der Waals surface area contributed by atoms with Gasteiger partial charge in [0.25, 0.3) is 0 Å². The van der Waals surface area contributed by atoms with Gasteiger partial charge in [0.1, 0.15) is 11.1 Å². The predicted molar refractivity (Wildman–Crippen MR) is 57.4 cm³/mol. The van der Waals surface area contributed by atoms with Crippen molar-refractivity contribution >= 4 is 17.4 Å². The maximum absolute atomic E-state index is 12.8. The molecule has 0 saturated carbocycles. The minimum atomic E-state index is -5.12. The number of ether oxygens (including phenoxy) is 1. The van der Waals surface area contributed by atoms with Crippen molar-refractivity contribution in [2.45, 2.75) is 24.8 Å². The first-order valence-corrected chi connectivity index (χ1v) is 5.47. The van der Waals surface area contributed by atoms with Crippen molar-refractivity contribution < 1.29 is 35.9 Å². The topological polar surface area (TPSA) is 26.3 Å². The number of carbonyl (C=O) groups excluding carboxylic acids is 1. The third-order valence-electron chi connectivity index (χ3n) is 2.19. The van der Waals surface area contributed by atoms with E-state index in [4.69, 9.17) is 11.6 Å². The molecule has 0 radical (unpaired) electrons. The number of rotatable bonds is 3. The first-order valence-electron chi connectivity index (χ1n) is 5.03. The predicted octanol–water partition coefficient (Wildman–Crippen LogP) is 4.47. The summed E-state index contributed by atoms with van der Waals surface area (Å²) in [7, 11) is 0. The second-order valence-corrected chi connectivity index (χ2v) is 4.20. The summed E-state index contributed by atoms with van der Waals surface area (Å²) < 4.78 is 77.7. The van der Waals surface area contributed by atoms with E-state index in [1.807, 2.05) is 0 Å². The van der Waals surface area contributed by atoms with Crippen LogP contribution in [0.15, 0.2) is 18.2 Å². The summed E-state index contributed by atoms with van der Waals surface area (Å²) in [6, 6.07) is 1.50. The molecule has 0 aliphatic rings. The summed E-state index contributed by atoms with van der Waals surface area (Å²) in [5, 5.41) is -1.61. The van der Waals surface area contributed by atoms with Crippen molar-refractivity contribution in [3.63, 3.8) is 0 Å². The van der Waals surface area contributed by atoms with Gasteiger partial charge in [0.05, 0.1) is 5.56 Å². The molecule has 1 rings (SSSR count). The first-order chi connectivity index (χ1) is 8.92. The molecule has 0 aliphatic heterocycles. The maximum Gasteiger partial charge on any atom is 0.573 e. The Kier molecular flexibility index (Phi) is 4.58. The Balaban J connectivity index is 3.31. The van der Waals surface area contributed by atoms with Crippen molar-refractivity contribution in [2.75, 3.05) is 0 Å². The lowest BCUT2D eigenvalue weighted by Crippen LogP contribution is -2.19. The summed E-state index contributed by atoms with van der Waals surface area (Å²) in [6.45, 7) is 0.970. The van der Waals surface area contributed by atoms with E-state index < -0.39 is 40.6 Å². The highest BCUT2D eigenvalue weighted by Gasteiger charge is 2.38. The summed E-state index contributed by atoms with van der Waals surface area (Å²) in [6.07, 6.45) is -10.1. The minimum Gasteiger partial charge on any atom is -0.406 e. The lowest BCUT2D eigenvalue weighted by Gasteiger charge is -2.17. The second kappa shape index (κ2) is 5.51. The van der Waals surface area contributed by atoms with E-state index in [0.717, 1.165) is 6.92 Å². The maximum atomic E-state index is 12.8. The Labute approximate surface area is 114 Å². The molecule has 0 spiro atoms. The summed E-state index contributed by atoms with van der Waals surface area (Å²) in [5.41, 5.74) is -2.07. The van der Waals surface area contributed by atoms with Crippen molar-refractivity contribution in [3.8, 4) is 5.75 Å². The van der Waals surface area contributed by atoms with Crippen LogP contribution in [0.1, 0.15) is 23.4 Å². The summed E-state index contributed by atoms with van der Waals surface area (Å²) in [4.78, 5) is 11.0. The van der Waals surface area contributed by atoms with Crippen LogP contribution in [-0.4, -0.2) is 12.1 Å². The van der Waals surface area contributed by atoms with Crippen molar-refractivity contribution in [1.29, 1.82) is 0 Å². The fourth-order valence-corrected chi connectivity index (χ4v) is 1.61. The standard InChI is InChI=1S/C11H7ClF6O2/c1-5(19)9(12)7-3-2-6(20-11(16,17)18)4-8(7)10(13,14)15/h2-4,9H,1H3. The monoisotopic (exact) mass is 320 g/mol. The van der Waals surface area contributed by atoms with E-state index in [1.54, 1.807) is 0 Å². The van der Waals surface area contributed by atoms with Gasteiger partial charge in [-0.15, -0.1) is 24.8 Å². The highest BCUT2D eigenvalue weighted by Crippen LogP contribution is 2.39. The Bertz CT molecular complexity index is 509. The largest absolute Gasteiger partial charge is 0.573 e. The normalized spacial score (nSPS) is 14.0. The summed E-state index contributed by atoms with van der Waals surface area (Å²) in [5.74, 6) is -1.80. The number of hydrogen-bond donors (Lipinski definition) is 0. The van der Waals surface area contributed by atoms with Gasteiger partial charge in [0, 0.05) is 0 Å². The zero-order chi connectivity index (χ0) is 15.7. The molecule has 0 N–H and O–H groups in total. The molecule has 20 heavy (non-hydrogen) atoms. The van der Waals surface area contributed by atoms with Crippen molar-refractivity contribution in [2.24, 2.45) is 0 Å². The lowest BCUT2D eigenvalue weighted by atomic mass is 10.0. The van der Waals surface area contributed by atoms with Gasteiger partial charge < -0.3 is 4.74 Å². The molecule has 1 aromatic rings. The van der Waals surface area contributed by atoms with E-state index >= 15 is 0 Å². The molecule has 112 valence electrons. The van der Waals surface area contributed by atoms with Gasteiger partial charge in [0.15, 0.2) is 5.78 Å². The number of alkyl halides is 7. The van der Waals surface area contributed by atoms with Crippen LogP contribution in [0, 0.1) is 0 Å². The quantitative estimate of drug-likeness (QED) is 0.606. The Morgan fingerprint density at radius 2 is 1.75 bits per heavy atom. The van der Waals surface area contributed by atoms with Crippen molar-refractivity contribution in [1.82, 2.24) is 0 Å². The highest BCUT2D eigenvalue weighted by atomic mass is 35.5. The zero-order valence-corrected chi connectivity index (χ0v) is 10.5. The molecule has 0 heterocycles. The fourth-order valence-electron chi connectivity index (χ4n) is 1.42. The number of hydrogen-bond acceptors (Lipinski definition) is 2. The fraction of sp³-hybridized carbons (Fsp3) is 0.364. The average Bonchev–Trinajstić information content (AvgIpc) is 2.24. The van der Waals surface area contributed by atoms with Crippen LogP contribution >= 0.6 is 11.6 Å². The molecule has 0 saturated heterocycles. The number of ketones is 1. The molecule has 2 nitrogen and oxygen atoms in total. The Morgan fingerprint density at radius 3 is 2.15 bits per heavy atom. The number of carbonyl (C=O) groups is 1. The SMILES string of the molecule is CC(=O)C(Cl)c1ccc(OC(F)(F)F)cc1C(F)(F)F. The lowest BCUT2D eigenvalue weighted by molar-refractivity contribution is -0.274. The highest BCUT2D eigenvalue weighted by molar-refractivity contribution is 6.30. The van der Waals surface area contributed by atoms with Crippen LogP contribution in [0.25, 0.3) is 0 Å². The van der Waals surface area contributed by atoms with Gasteiger partial charge >= 0.3 is 12.5 Å². The first kappa shape index (κ1) is 16.6. The molecule has 1 unspecified atom stereocenters. The van der Waals surface area contributed by atoms with Gasteiger partial charge in [-0.1, -0.05) is 6.07 Å². The number of benzene rings is 1. The van der Waals surface area contributed by atoms with Crippen LogP contribution in [0.3, 0.4) is 0 Å². The van der Waals surface area contributed by atoms with Gasteiger partial charge in [-0.25, -0.2) is 0 Å². The third kappa shape index (κ3) is 4.29. The number of Topliss-reactive ketones (excluding diaryl/α,β-unsaturated/α-hetero) is 1. The molecule has 0 bridgehead atoms. The van der Waals surface area contributed by atoms with E-state index in [9.17, 15) is 31.1 Å². The minimum absolute atomic E-state index is 0.154. The van der Waals surface area contributed by atoms with E-state index in [1.165, 1.54) is 0 Å². The molecule has 1 aromatic carbocycles. The van der Waals surface area contributed by atoms with Gasteiger partial charge in [0.2, 0.25) is 0 Å². The van der Waals surface area contributed by atoms with Crippen LogP contribution in [-0.2, 0) is 11.0 Å². The van der Waals surface area contributed by atoms with E-state index in [2.05, 4.69) is 4.74 Å². The molecular weight excluding hydrogens is 314 g/mol. The third-order valence-corrected chi connectivity index (χ3v) is 2.74. The molecule has 0 aromatic heterocycles. The van der Waals surface area contributed by atoms with Crippen LogP contribution in [0.4, 0.5) is 26.3 Å². The van der Waals surface area contributed by atoms with Crippen LogP contribution < -0.4 is 4.74 Å². The number of halogens is 7. The van der Waals surface area contributed by atoms with Crippen molar-refractivity contribution in [3.05, 3.63) is 29.3 Å². The zero-order valence-electron chi connectivity index (χ0n) is 9.77. The van der Waals surface area contributed by atoms with E-state index in [-0.39, 0.29) is 6.07 Å². The van der Waals surface area contributed by atoms with Gasteiger partial charge in [-0.05, 0) is 24.6 Å². The molecule has 0 amide bonds. The smallest absolute Gasteiger partial charge is 0.406 e. The second-order valence-electron chi connectivity index (χ2n) is 3.77. The van der Waals surface area contributed by atoms with Crippen LogP contribution in [0.5, 0.6) is 5.75 Å². The molecular formula is C11H7ClF6O2. The van der Waals surface area contributed by atoms with Gasteiger partial charge in [-0.2, -0.15) is 13.2 Å². The molecule has 0 aliphatic carbocycles. The Hall–Kier alpha value is -1.44. The summed E-state index contributed by atoms with van der Waals surface area (Å²) >= 11 is 5.53. The van der Waals surface area contributed by atoms with Crippen LogP contribution in [0.2, 0.25) is 0 Å². The molecule has 1 atom stereocenters. The Morgan fingerprint density at radius 1 is 1.20 bits per heavy atom. The van der Waals surface area contributed by atoms with Gasteiger partial charge in [-0.3, -0.25) is 4.79 Å². The van der Waals surface area contributed by atoms with E-state index in [0.29, 0.717) is 12.1 Å². The average molecular weight is 321 g/mol. The molecule has 9 heteroatoms. The molecule has 0 fully saturated rings.